The molecular formula is C23H20N4O6S2. The Hall–Kier alpha value is -4.03. The number of hydrogen-bond donors (Lipinski definition) is 3. The molecule has 0 aliphatic rings. The van der Waals surface area contributed by atoms with Crippen LogP contribution in [-0.4, -0.2) is 38.1 Å². The third kappa shape index (κ3) is 5.91. The van der Waals surface area contributed by atoms with Crippen molar-refractivity contribution in [3.05, 3.63) is 72.3 Å². The number of methoxy groups -OCH3 is 1. The van der Waals surface area contributed by atoms with Gasteiger partial charge < -0.3 is 20.2 Å². The number of thioether (sulfide) groups is 1. The summed E-state index contributed by atoms with van der Waals surface area (Å²) in [5.74, 6) is -0.247. The summed E-state index contributed by atoms with van der Waals surface area (Å²) in [6.07, 6.45) is 0. The van der Waals surface area contributed by atoms with E-state index < -0.39 is 15.9 Å². The van der Waals surface area contributed by atoms with Crippen molar-refractivity contribution >= 4 is 56.1 Å². The summed E-state index contributed by atoms with van der Waals surface area (Å²) in [6, 6.07) is 17.0. The van der Waals surface area contributed by atoms with E-state index >= 15 is 0 Å². The number of carbonyl (C=O) groups excluding carboxylic acids is 2. The van der Waals surface area contributed by atoms with Gasteiger partial charge >= 0.3 is 0 Å². The van der Waals surface area contributed by atoms with Gasteiger partial charge in [-0.15, -0.1) is 0 Å². The highest BCUT2D eigenvalue weighted by atomic mass is 32.2. The Labute approximate surface area is 204 Å². The van der Waals surface area contributed by atoms with E-state index in [4.69, 9.17) is 14.9 Å². The molecule has 0 radical (unpaired) electrons. The number of fused-ring (bicyclic) bond motifs is 1. The van der Waals surface area contributed by atoms with E-state index in [1.54, 1.807) is 36.4 Å². The number of amides is 2. The quantitative estimate of drug-likeness (QED) is 0.288. The average molecular weight is 513 g/mol. The van der Waals surface area contributed by atoms with Crippen molar-refractivity contribution in [2.45, 2.75) is 10.1 Å². The zero-order valence-electron chi connectivity index (χ0n) is 18.3. The van der Waals surface area contributed by atoms with Crippen LogP contribution in [0.2, 0.25) is 0 Å². The Kier molecular flexibility index (Phi) is 6.94. The number of sulfonamides is 1. The van der Waals surface area contributed by atoms with E-state index in [0.717, 1.165) is 11.8 Å². The number of oxazole rings is 1. The standard InChI is InChI=1S/C23H20N4O6S2/c1-32-17-8-6-16(7-9-17)27-35(30,31)18-10-11-20-19(12-18)26-23(33-20)34-13-21(28)25-15-4-2-14(3-5-15)22(24)29/h2-12,27H,13H2,1H3,(H2,24,29)(H,25,28). The van der Waals surface area contributed by atoms with Crippen LogP contribution in [0.4, 0.5) is 11.4 Å². The predicted molar refractivity (Wildman–Crippen MR) is 132 cm³/mol. The lowest BCUT2D eigenvalue weighted by atomic mass is 10.2. The van der Waals surface area contributed by atoms with E-state index in [1.807, 2.05) is 0 Å². The van der Waals surface area contributed by atoms with Gasteiger partial charge in [0, 0.05) is 16.9 Å². The molecule has 4 rings (SSSR count). The van der Waals surface area contributed by atoms with E-state index in [2.05, 4.69) is 15.0 Å². The van der Waals surface area contributed by atoms with E-state index in [1.165, 1.54) is 37.4 Å². The molecule has 0 aliphatic heterocycles. The number of benzene rings is 3. The van der Waals surface area contributed by atoms with Gasteiger partial charge in [-0.2, -0.15) is 0 Å². The largest absolute Gasteiger partial charge is 0.497 e. The number of primary amides is 1. The van der Waals surface area contributed by atoms with Crippen LogP contribution in [0.15, 0.2) is 81.3 Å². The van der Waals surface area contributed by atoms with Gasteiger partial charge in [-0.3, -0.25) is 14.3 Å². The Bertz CT molecular complexity index is 1480. The van der Waals surface area contributed by atoms with Gasteiger partial charge in [0.2, 0.25) is 11.8 Å². The van der Waals surface area contributed by atoms with Crippen LogP contribution in [0.1, 0.15) is 10.4 Å². The van der Waals surface area contributed by atoms with Gasteiger partial charge in [0.15, 0.2) is 5.58 Å². The highest BCUT2D eigenvalue weighted by molar-refractivity contribution is 7.99. The van der Waals surface area contributed by atoms with Crippen LogP contribution in [-0.2, 0) is 14.8 Å². The van der Waals surface area contributed by atoms with E-state index in [-0.39, 0.29) is 21.8 Å². The SMILES string of the molecule is COc1ccc(NS(=O)(=O)c2ccc3oc(SCC(=O)Nc4ccc(C(N)=O)cc4)nc3c2)cc1. The van der Waals surface area contributed by atoms with Gasteiger partial charge in [0.1, 0.15) is 11.3 Å². The van der Waals surface area contributed by atoms with Crippen molar-refractivity contribution in [2.75, 3.05) is 22.9 Å². The zero-order valence-corrected chi connectivity index (χ0v) is 20.0. The summed E-state index contributed by atoms with van der Waals surface area (Å²) in [6.45, 7) is 0. The molecule has 2 amide bonds. The number of nitrogens with one attached hydrogen (secondary N) is 2. The maximum atomic E-state index is 12.8. The topological polar surface area (TPSA) is 154 Å². The van der Waals surface area contributed by atoms with Crippen LogP contribution in [0.5, 0.6) is 5.75 Å². The van der Waals surface area contributed by atoms with Gasteiger partial charge in [0.25, 0.3) is 15.2 Å². The molecule has 4 N–H and O–H groups in total. The van der Waals surface area contributed by atoms with Crippen molar-refractivity contribution in [1.82, 2.24) is 4.98 Å². The minimum Gasteiger partial charge on any atom is -0.497 e. The third-order valence-corrected chi connectivity index (χ3v) is 6.98. The number of carbonyl (C=O) groups is 2. The number of nitrogens with two attached hydrogens (primary N) is 1. The minimum atomic E-state index is -3.86. The highest BCUT2D eigenvalue weighted by Crippen LogP contribution is 2.27. The number of ether oxygens (including phenoxy) is 1. The lowest BCUT2D eigenvalue weighted by molar-refractivity contribution is -0.113. The molecule has 1 heterocycles. The number of hydrogen-bond acceptors (Lipinski definition) is 8. The average Bonchev–Trinajstić information content (AvgIpc) is 3.26. The summed E-state index contributed by atoms with van der Waals surface area (Å²) in [4.78, 5) is 27.7. The third-order valence-electron chi connectivity index (χ3n) is 4.77. The van der Waals surface area contributed by atoms with Crippen molar-refractivity contribution in [1.29, 1.82) is 0 Å². The highest BCUT2D eigenvalue weighted by Gasteiger charge is 2.17. The maximum Gasteiger partial charge on any atom is 0.261 e. The molecule has 10 nitrogen and oxygen atoms in total. The molecule has 0 aliphatic carbocycles. The number of rotatable bonds is 9. The van der Waals surface area contributed by atoms with Gasteiger partial charge in [-0.1, -0.05) is 11.8 Å². The predicted octanol–water partition coefficient (Wildman–Crippen LogP) is 3.47. The molecule has 180 valence electrons. The minimum absolute atomic E-state index is 0.00851. The molecule has 0 unspecified atom stereocenters. The van der Waals surface area contributed by atoms with Crippen molar-refractivity contribution in [3.63, 3.8) is 0 Å². The van der Waals surface area contributed by atoms with Crippen molar-refractivity contribution in [2.24, 2.45) is 5.73 Å². The first kappa shape index (κ1) is 24.1. The molecule has 1 aromatic heterocycles. The molecule has 0 spiro atoms. The van der Waals surface area contributed by atoms with Gasteiger partial charge in [0.05, 0.1) is 17.8 Å². The van der Waals surface area contributed by atoms with Crippen LogP contribution in [0, 0.1) is 0 Å². The van der Waals surface area contributed by atoms with Crippen LogP contribution in [0.3, 0.4) is 0 Å². The molecule has 0 saturated carbocycles. The number of anilines is 2. The van der Waals surface area contributed by atoms with Crippen LogP contribution >= 0.6 is 11.8 Å². The first-order chi connectivity index (χ1) is 16.7. The second kappa shape index (κ2) is 10.1. The van der Waals surface area contributed by atoms with Gasteiger partial charge in [-0.25, -0.2) is 13.4 Å². The maximum absolute atomic E-state index is 12.8. The smallest absolute Gasteiger partial charge is 0.261 e. The van der Waals surface area contributed by atoms with Crippen molar-refractivity contribution < 1.29 is 27.2 Å². The normalized spacial score (nSPS) is 11.2. The molecule has 0 bridgehead atoms. The fraction of sp³-hybridized carbons (Fsp3) is 0.0870. The Morgan fingerprint density at radius 2 is 1.71 bits per heavy atom. The second-order valence-electron chi connectivity index (χ2n) is 7.22. The summed E-state index contributed by atoms with van der Waals surface area (Å²) < 4.78 is 38.7. The lowest BCUT2D eigenvalue weighted by Gasteiger charge is -2.08. The molecule has 0 saturated heterocycles. The fourth-order valence-corrected chi connectivity index (χ4v) is 4.75. The zero-order chi connectivity index (χ0) is 25.0. The number of nitrogens with zero attached hydrogens (tertiary/aromatic N) is 1. The lowest BCUT2D eigenvalue weighted by Crippen LogP contribution is -2.15. The molecule has 35 heavy (non-hydrogen) atoms. The van der Waals surface area contributed by atoms with Crippen LogP contribution in [0.25, 0.3) is 11.1 Å². The molecule has 12 heteroatoms. The molecule has 0 atom stereocenters. The molecular weight excluding hydrogens is 492 g/mol. The summed E-state index contributed by atoms with van der Waals surface area (Å²) in [7, 11) is -2.33. The number of aromatic nitrogens is 1. The Balaban J connectivity index is 1.40. The molecule has 4 aromatic rings. The van der Waals surface area contributed by atoms with Crippen LogP contribution < -0.4 is 20.5 Å². The second-order valence-corrected chi connectivity index (χ2v) is 9.83. The molecule has 0 fully saturated rings. The first-order valence-corrected chi connectivity index (χ1v) is 12.6. The summed E-state index contributed by atoms with van der Waals surface area (Å²) in [5, 5.41) is 2.91. The monoisotopic (exact) mass is 512 g/mol. The summed E-state index contributed by atoms with van der Waals surface area (Å²) >= 11 is 1.06. The Morgan fingerprint density at radius 3 is 2.37 bits per heavy atom. The van der Waals surface area contributed by atoms with E-state index in [9.17, 15) is 18.0 Å². The summed E-state index contributed by atoms with van der Waals surface area (Å²) in [5.41, 5.74) is 7.16. The van der Waals surface area contributed by atoms with Crippen molar-refractivity contribution in [3.8, 4) is 5.75 Å². The first-order valence-electron chi connectivity index (χ1n) is 10.1. The Morgan fingerprint density at radius 1 is 1.03 bits per heavy atom. The molecule has 3 aromatic carbocycles. The fourth-order valence-electron chi connectivity index (χ4n) is 3.03. The van der Waals surface area contributed by atoms with Gasteiger partial charge in [-0.05, 0) is 66.7 Å². The van der Waals surface area contributed by atoms with E-state index in [0.29, 0.717) is 33.8 Å².